The molecule has 1 heterocycles. The molecule has 1 aliphatic heterocycles. The number of hydrogen-bond acceptors (Lipinski definition) is 4. The highest BCUT2D eigenvalue weighted by molar-refractivity contribution is 5.97. The van der Waals surface area contributed by atoms with Crippen LogP contribution < -0.4 is 10.6 Å². The van der Waals surface area contributed by atoms with Crippen LogP contribution in [0.4, 0.5) is 11.4 Å². The Kier molecular flexibility index (Phi) is 3.84. The molecule has 4 N–H and O–H groups in total. The lowest BCUT2D eigenvalue weighted by atomic mass is 9.99. The Balaban J connectivity index is 2.23. The second-order valence-electron chi connectivity index (χ2n) is 4.61. The number of fused-ring (bicyclic) bond motifs is 1. The fraction of sp³-hybridized carbons (Fsp3) is 0.462. The minimum absolute atomic E-state index is 0.0112. The summed E-state index contributed by atoms with van der Waals surface area (Å²) in [7, 11) is 0. The number of carbonyl (C=O) groups excluding carboxylic acids is 1. The van der Waals surface area contributed by atoms with Gasteiger partial charge in [0.2, 0.25) is 5.91 Å². The Bertz CT molecular complexity index is 460. The van der Waals surface area contributed by atoms with Gasteiger partial charge in [0.05, 0.1) is 24.1 Å². The first kappa shape index (κ1) is 12.9. The van der Waals surface area contributed by atoms with Gasteiger partial charge in [-0.3, -0.25) is 4.79 Å². The van der Waals surface area contributed by atoms with Crippen molar-refractivity contribution in [3.8, 4) is 0 Å². The molecule has 0 radical (unpaired) electrons. The number of hydrogen-bond donors (Lipinski definition) is 4. The Hall–Kier alpha value is -1.59. The molecule has 18 heavy (non-hydrogen) atoms. The van der Waals surface area contributed by atoms with Crippen LogP contribution in [0.15, 0.2) is 12.1 Å². The lowest BCUT2D eigenvalue weighted by Gasteiger charge is -2.22. The Morgan fingerprint density at radius 3 is 2.94 bits per heavy atom. The molecule has 1 aromatic carbocycles. The van der Waals surface area contributed by atoms with Gasteiger partial charge in [-0.2, -0.15) is 0 Å². The summed E-state index contributed by atoms with van der Waals surface area (Å²) in [5.41, 5.74) is 3.80. The van der Waals surface area contributed by atoms with Crippen molar-refractivity contribution in [1.29, 1.82) is 0 Å². The van der Waals surface area contributed by atoms with Crippen molar-refractivity contribution in [3.63, 3.8) is 0 Å². The summed E-state index contributed by atoms with van der Waals surface area (Å²) >= 11 is 0. The molecule has 0 fully saturated rings. The third kappa shape index (κ3) is 2.80. The van der Waals surface area contributed by atoms with Gasteiger partial charge in [0.15, 0.2) is 0 Å². The van der Waals surface area contributed by atoms with Gasteiger partial charge in [-0.15, -0.1) is 0 Å². The molecule has 0 aromatic heterocycles. The average Bonchev–Trinajstić information content (AvgIpc) is 2.36. The molecule has 5 nitrogen and oxygen atoms in total. The number of nitrogens with one attached hydrogen (secondary N) is 2. The molecule has 0 aliphatic carbocycles. The predicted octanol–water partition coefficient (Wildman–Crippen LogP) is 0.645. The highest BCUT2D eigenvalue weighted by Gasteiger charge is 2.18. The molecule has 1 amide bonds. The van der Waals surface area contributed by atoms with E-state index in [2.05, 4.69) is 16.7 Å². The summed E-state index contributed by atoms with van der Waals surface area (Å²) in [5, 5.41) is 24.0. The van der Waals surface area contributed by atoms with Crippen molar-refractivity contribution in [2.45, 2.75) is 25.9 Å². The maximum atomic E-state index is 11.4. The fourth-order valence-corrected chi connectivity index (χ4v) is 2.09. The summed E-state index contributed by atoms with van der Waals surface area (Å²) in [4.78, 5) is 11.4. The van der Waals surface area contributed by atoms with E-state index in [1.165, 1.54) is 0 Å². The first-order valence-corrected chi connectivity index (χ1v) is 6.06. The van der Waals surface area contributed by atoms with Gasteiger partial charge < -0.3 is 20.8 Å². The molecular weight excluding hydrogens is 232 g/mol. The van der Waals surface area contributed by atoms with Crippen LogP contribution in [0.25, 0.3) is 0 Å². The van der Waals surface area contributed by atoms with E-state index in [-0.39, 0.29) is 19.1 Å². The first-order chi connectivity index (χ1) is 8.60. The number of carbonyl (C=O) groups is 1. The van der Waals surface area contributed by atoms with E-state index in [1.54, 1.807) is 0 Å². The van der Waals surface area contributed by atoms with Gasteiger partial charge in [0, 0.05) is 13.0 Å². The molecule has 0 spiro atoms. The predicted molar refractivity (Wildman–Crippen MR) is 69.7 cm³/mol. The third-order valence-electron chi connectivity index (χ3n) is 2.99. The molecule has 2 rings (SSSR count). The summed E-state index contributed by atoms with van der Waals surface area (Å²) in [6.07, 6.45) is 0.440. The number of aliphatic hydroxyl groups excluding tert-OH is 2. The van der Waals surface area contributed by atoms with Crippen molar-refractivity contribution in [3.05, 3.63) is 23.3 Å². The summed E-state index contributed by atoms with van der Waals surface area (Å²) in [6, 6.07) is 3.98. The molecular formula is C13H18N2O3. The monoisotopic (exact) mass is 250 g/mol. The van der Waals surface area contributed by atoms with E-state index in [9.17, 15) is 9.90 Å². The molecule has 1 aromatic rings. The second kappa shape index (κ2) is 5.37. The van der Waals surface area contributed by atoms with Crippen LogP contribution in [0.1, 0.15) is 17.5 Å². The van der Waals surface area contributed by atoms with Crippen molar-refractivity contribution in [2.75, 3.05) is 23.8 Å². The number of amides is 1. The standard InChI is InChI=1S/C13H18N2O3/c1-8-4-9-2-3-12(18)15-13(9)11(5-8)14-6-10(17)7-16/h4-5,10,14,16-17H,2-3,6-7H2,1H3,(H,15,18). The minimum atomic E-state index is -0.805. The molecule has 0 saturated carbocycles. The van der Waals surface area contributed by atoms with Crippen molar-refractivity contribution >= 4 is 17.3 Å². The Labute approximate surface area is 106 Å². The van der Waals surface area contributed by atoms with Crippen molar-refractivity contribution in [1.82, 2.24) is 0 Å². The van der Waals surface area contributed by atoms with Crippen molar-refractivity contribution < 1.29 is 15.0 Å². The highest BCUT2D eigenvalue weighted by atomic mass is 16.3. The third-order valence-corrected chi connectivity index (χ3v) is 2.99. The van der Waals surface area contributed by atoms with Gasteiger partial charge in [-0.1, -0.05) is 6.07 Å². The number of benzene rings is 1. The summed E-state index contributed by atoms with van der Waals surface area (Å²) in [5.74, 6) is 0.0112. The maximum Gasteiger partial charge on any atom is 0.224 e. The van der Waals surface area contributed by atoms with E-state index in [4.69, 9.17) is 5.11 Å². The Morgan fingerprint density at radius 2 is 2.22 bits per heavy atom. The normalized spacial score (nSPS) is 15.8. The fourth-order valence-electron chi connectivity index (χ4n) is 2.09. The summed E-state index contributed by atoms with van der Waals surface area (Å²) in [6.45, 7) is 1.96. The van der Waals surface area contributed by atoms with Gasteiger partial charge >= 0.3 is 0 Å². The lowest BCUT2D eigenvalue weighted by molar-refractivity contribution is -0.116. The molecule has 0 bridgehead atoms. The molecule has 98 valence electrons. The summed E-state index contributed by atoms with van der Waals surface area (Å²) < 4.78 is 0. The van der Waals surface area contributed by atoms with Gasteiger partial charge in [0.1, 0.15) is 0 Å². The van der Waals surface area contributed by atoms with E-state index in [0.717, 1.165) is 28.9 Å². The van der Waals surface area contributed by atoms with Gasteiger partial charge in [-0.25, -0.2) is 0 Å². The van der Waals surface area contributed by atoms with Crippen LogP contribution >= 0.6 is 0 Å². The van der Waals surface area contributed by atoms with Crippen LogP contribution in [0.3, 0.4) is 0 Å². The van der Waals surface area contributed by atoms with E-state index < -0.39 is 6.10 Å². The van der Waals surface area contributed by atoms with Gasteiger partial charge in [-0.05, 0) is 30.5 Å². The zero-order chi connectivity index (χ0) is 13.1. The van der Waals surface area contributed by atoms with Crippen LogP contribution in [0, 0.1) is 6.92 Å². The molecule has 1 unspecified atom stereocenters. The molecule has 1 atom stereocenters. The average molecular weight is 250 g/mol. The number of anilines is 2. The zero-order valence-electron chi connectivity index (χ0n) is 10.4. The highest BCUT2D eigenvalue weighted by Crippen LogP contribution is 2.32. The minimum Gasteiger partial charge on any atom is -0.394 e. The second-order valence-corrected chi connectivity index (χ2v) is 4.61. The maximum absolute atomic E-state index is 11.4. The first-order valence-electron chi connectivity index (χ1n) is 6.06. The molecule has 1 aliphatic rings. The topological polar surface area (TPSA) is 81.6 Å². The Morgan fingerprint density at radius 1 is 1.44 bits per heavy atom. The largest absolute Gasteiger partial charge is 0.394 e. The smallest absolute Gasteiger partial charge is 0.224 e. The van der Waals surface area contributed by atoms with Crippen molar-refractivity contribution in [2.24, 2.45) is 0 Å². The van der Waals surface area contributed by atoms with Crippen LogP contribution in [-0.2, 0) is 11.2 Å². The van der Waals surface area contributed by atoms with Gasteiger partial charge in [0.25, 0.3) is 0 Å². The quantitative estimate of drug-likeness (QED) is 0.632. The van der Waals surface area contributed by atoms with Crippen LogP contribution in [0.5, 0.6) is 0 Å². The number of aryl methyl sites for hydroxylation is 2. The zero-order valence-corrected chi connectivity index (χ0v) is 10.4. The van der Waals surface area contributed by atoms with Crippen LogP contribution in [-0.4, -0.2) is 35.4 Å². The number of aliphatic hydroxyl groups is 2. The lowest BCUT2D eigenvalue weighted by Crippen LogP contribution is -2.25. The van der Waals surface area contributed by atoms with Crippen LogP contribution in [0.2, 0.25) is 0 Å². The van der Waals surface area contributed by atoms with E-state index in [1.807, 2.05) is 13.0 Å². The number of rotatable bonds is 4. The SMILES string of the molecule is Cc1cc2c(c(NCC(O)CO)c1)NC(=O)CC2. The molecule has 5 heteroatoms. The van der Waals surface area contributed by atoms with E-state index >= 15 is 0 Å². The molecule has 0 saturated heterocycles. The van der Waals surface area contributed by atoms with E-state index in [0.29, 0.717) is 6.42 Å².